The van der Waals surface area contributed by atoms with Gasteiger partial charge in [-0.1, -0.05) is 0 Å². The Morgan fingerprint density at radius 1 is 1.09 bits per heavy atom. The highest BCUT2D eigenvalue weighted by molar-refractivity contribution is 7.91. The van der Waals surface area contributed by atoms with Crippen LogP contribution in [0.15, 0.2) is 18.2 Å². The van der Waals surface area contributed by atoms with Crippen molar-refractivity contribution in [1.29, 1.82) is 0 Å². The molecule has 8 nitrogen and oxygen atoms in total. The van der Waals surface area contributed by atoms with E-state index >= 15 is 0 Å². The van der Waals surface area contributed by atoms with Gasteiger partial charge >= 0.3 is 6.18 Å². The third-order valence-electron chi connectivity index (χ3n) is 6.45. The van der Waals surface area contributed by atoms with Crippen LogP contribution < -0.4 is 10.2 Å². The summed E-state index contributed by atoms with van der Waals surface area (Å²) in [5.41, 5.74) is -0.117. The molecule has 0 aliphatic carbocycles. The van der Waals surface area contributed by atoms with Crippen LogP contribution in [0.25, 0.3) is 0 Å². The molecule has 0 spiro atoms. The Morgan fingerprint density at radius 3 is 2.39 bits per heavy atom. The molecular formula is C21H29F3N4O4S. The van der Waals surface area contributed by atoms with Gasteiger partial charge in [0.05, 0.1) is 48.2 Å². The average Bonchev–Trinajstić information content (AvgIpc) is 3.14. The van der Waals surface area contributed by atoms with Crippen molar-refractivity contribution in [1.82, 2.24) is 9.80 Å². The Morgan fingerprint density at radius 2 is 1.79 bits per heavy atom. The third kappa shape index (κ3) is 6.17. The molecule has 3 saturated heterocycles. The van der Waals surface area contributed by atoms with Crippen molar-refractivity contribution in [3.63, 3.8) is 0 Å². The van der Waals surface area contributed by atoms with Gasteiger partial charge in [-0.15, -0.1) is 0 Å². The maximum atomic E-state index is 13.3. The van der Waals surface area contributed by atoms with Crippen LogP contribution in [-0.2, 0) is 25.5 Å². The van der Waals surface area contributed by atoms with Crippen LogP contribution in [0.4, 0.5) is 24.5 Å². The van der Waals surface area contributed by atoms with Gasteiger partial charge in [-0.05, 0) is 24.6 Å². The normalized spacial score (nSPS) is 24.7. The molecule has 3 aliphatic heterocycles. The molecule has 33 heavy (non-hydrogen) atoms. The maximum absolute atomic E-state index is 13.3. The van der Waals surface area contributed by atoms with E-state index in [1.54, 1.807) is 0 Å². The number of piperazine rings is 1. The highest BCUT2D eigenvalue weighted by atomic mass is 32.2. The lowest BCUT2D eigenvalue weighted by atomic mass is 10.1. The smallest absolute Gasteiger partial charge is 0.378 e. The van der Waals surface area contributed by atoms with Crippen LogP contribution in [0.2, 0.25) is 0 Å². The number of ether oxygens (including phenoxy) is 1. The molecule has 0 radical (unpaired) electrons. The molecule has 1 atom stereocenters. The van der Waals surface area contributed by atoms with Crippen molar-refractivity contribution >= 4 is 27.1 Å². The Kier molecular flexibility index (Phi) is 7.18. The quantitative estimate of drug-likeness (QED) is 0.666. The second kappa shape index (κ2) is 9.77. The molecule has 1 aromatic carbocycles. The number of hydrogen-bond acceptors (Lipinski definition) is 7. The van der Waals surface area contributed by atoms with E-state index in [0.717, 1.165) is 12.1 Å². The highest BCUT2D eigenvalue weighted by Crippen LogP contribution is 2.35. The molecule has 4 rings (SSSR count). The number of carbonyl (C=O) groups excluding carboxylic acids is 1. The lowest BCUT2D eigenvalue weighted by Crippen LogP contribution is -2.52. The van der Waals surface area contributed by atoms with E-state index in [9.17, 15) is 26.4 Å². The fourth-order valence-electron chi connectivity index (χ4n) is 4.64. The summed E-state index contributed by atoms with van der Waals surface area (Å²) >= 11 is 0. The molecule has 1 amide bonds. The standard InChI is InChI=1S/C21H29F3N4O4S/c22-21(23,24)16-1-2-19(28-8-10-32-11-9-28)18(13-16)25-20(29)14-26-4-6-27(7-5-26)17-3-12-33(30,31)15-17/h1-2,13,17H,3-12,14-15H2,(H,25,29)/t17-/m1/s1. The summed E-state index contributed by atoms with van der Waals surface area (Å²) < 4.78 is 68.6. The summed E-state index contributed by atoms with van der Waals surface area (Å²) in [5, 5.41) is 2.69. The van der Waals surface area contributed by atoms with Crippen LogP contribution in [0, 0.1) is 0 Å². The van der Waals surface area contributed by atoms with Gasteiger partial charge in [0, 0.05) is 45.3 Å². The van der Waals surface area contributed by atoms with Crippen LogP contribution >= 0.6 is 0 Å². The topological polar surface area (TPSA) is 82.2 Å². The van der Waals surface area contributed by atoms with Crippen molar-refractivity contribution in [3.05, 3.63) is 23.8 Å². The van der Waals surface area contributed by atoms with Crippen LogP contribution in [0.1, 0.15) is 12.0 Å². The Hall–Kier alpha value is -1.89. The number of amides is 1. The number of nitrogens with one attached hydrogen (secondary N) is 1. The molecule has 184 valence electrons. The van der Waals surface area contributed by atoms with Crippen LogP contribution in [-0.4, -0.2) is 101 Å². The molecule has 0 unspecified atom stereocenters. The van der Waals surface area contributed by atoms with Crippen molar-refractivity contribution in [2.75, 3.05) is 80.7 Å². The Labute approximate surface area is 191 Å². The van der Waals surface area contributed by atoms with Gasteiger partial charge in [0.15, 0.2) is 9.84 Å². The van der Waals surface area contributed by atoms with E-state index in [4.69, 9.17) is 4.74 Å². The van der Waals surface area contributed by atoms with E-state index in [-0.39, 0.29) is 35.7 Å². The number of halogens is 3. The zero-order valence-electron chi connectivity index (χ0n) is 18.3. The molecule has 0 bridgehead atoms. The Bertz CT molecular complexity index is 959. The summed E-state index contributed by atoms with van der Waals surface area (Å²) in [4.78, 5) is 18.7. The molecular weight excluding hydrogens is 461 g/mol. The van der Waals surface area contributed by atoms with Crippen molar-refractivity contribution in [2.45, 2.75) is 18.6 Å². The van der Waals surface area contributed by atoms with E-state index in [1.165, 1.54) is 6.07 Å². The number of alkyl halides is 3. The summed E-state index contributed by atoms with van der Waals surface area (Å²) in [6.07, 6.45) is -3.87. The minimum absolute atomic E-state index is 0.0344. The molecule has 1 aromatic rings. The van der Waals surface area contributed by atoms with Crippen LogP contribution in [0.3, 0.4) is 0 Å². The summed E-state index contributed by atoms with van der Waals surface area (Å²) in [6, 6.07) is 3.45. The minimum atomic E-state index is -4.51. The first-order chi connectivity index (χ1) is 15.6. The number of anilines is 2. The van der Waals surface area contributed by atoms with Crippen molar-refractivity contribution in [2.24, 2.45) is 0 Å². The number of carbonyl (C=O) groups is 1. The number of rotatable bonds is 5. The van der Waals surface area contributed by atoms with Gasteiger partial charge in [0.25, 0.3) is 0 Å². The third-order valence-corrected chi connectivity index (χ3v) is 8.20. The minimum Gasteiger partial charge on any atom is -0.378 e. The van der Waals surface area contributed by atoms with Crippen molar-refractivity contribution in [3.8, 4) is 0 Å². The number of nitrogens with zero attached hydrogens (tertiary/aromatic N) is 3. The second-order valence-electron chi connectivity index (χ2n) is 8.75. The van der Waals surface area contributed by atoms with Gasteiger partial charge < -0.3 is 15.0 Å². The fourth-order valence-corrected chi connectivity index (χ4v) is 6.40. The summed E-state index contributed by atoms with van der Waals surface area (Å²) in [7, 11) is -2.95. The predicted octanol–water partition coefficient (Wildman–Crippen LogP) is 1.29. The maximum Gasteiger partial charge on any atom is 0.416 e. The SMILES string of the molecule is O=C(CN1CCN([C@@H]2CCS(=O)(=O)C2)CC1)Nc1cc(C(F)(F)F)ccc1N1CCOCC1. The zero-order chi connectivity index (χ0) is 23.6. The summed E-state index contributed by atoms with van der Waals surface area (Å²) in [5.74, 6) is 0.0385. The van der Waals surface area contributed by atoms with Gasteiger partial charge in [0.1, 0.15) is 0 Å². The molecule has 3 heterocycles. The first kappa shape index (κ1) is 24.2. The monoisotopic (exact) mass is 490 g/mol. The Balaban J connectivity index is 1.37. The van der Waals surface area contributed by atoms with Crippen molar-refractivity contribution < 1.29 is 31.1 Å². The second-order valence-corrected chi connectivity index (χ2v) is 11.0. The first-order valence-corrected chi connectivity index (χ1v) is 12.9. The fraction of sp³-hybridized carbons (Fsp3) is 0.667. The lowest BCUT2D eigenvalue weighted by Gasteiger charge is -2.37. The lowest BCUT2D eigenvalue weighted by molar-refractivity contribution is -0.137. The van der Waals surface area contributed by atoms with E-state index in [2.05, 4.69) is 10.2 Å². The number of morpholine rings is 1. The van der Waals surface area contributed by atoms with Gasteiger partial charge in [-0.25, -0.2) is 8.42 Å². The van der Waals surface area contributed by atoms with Gasteiger partial charge in [0.2, 0.25) is 5.91 Å². The number of sulfone groups is 1. The van der Waals surface area contributed by atoms with E-state index in [0.29, 0.717) is 64.6 Å². The molecule has 3 fully saturated rings. The van der Waals surface area contributed by atoms with Gasteiger partial charge in [-0.3, -0.25) is 14.6 Å². The first-order valence-electron chi connectivity index (χ1n) is 11.1. The van der Waals surface area contributed by atoms with E-state index in [1.807, 2.05) is 9.80 Å². The molecule has 1 N–H and O–H groups in total. The summed E-state index contributed by atoms with van der Waals surface area (Å²) in [6.45, 7) is 4.61. The average molecular weight is 491 g/mol. The highest BCUT2D eigenvalue weighted by Gasteiger charge is 2.34. The number of hydrogen-bond donors (Lipinski definition) is 1. The zero-order valence-corrected chi connectivity index (χ0v) is 19.1. The van der Waals surface area contributed by atoms with E-state index < -0.39 is 21.6 Å². The molecule has 0 aromatic heterocycles. The molecule has 12 heteroatoms. The number of benzene rings is 1. The largest absolute Gasteiger partial charge is 0.416 e. The molecule has 3 aliphatic rings. The van der Waals surface area contributed by atoms with Crippen LogP contribution in [0.5, 0.6) is 0 Å². The predicted molar refractivity (Wildman–Crippen MR) is 118 cm³/mol. The van der Waals surface area contributed by atoms with Gasteiger partial charge in [-0.2, -0.15) is 13.2 Å². The molecule has 0 saturated carbocycles.